The van der Waals surface area contributed by atoms with Crippen LogP contribution in [0.25, 0.3) is 0 Å². The summed E-state index contributed by atoms with van der Waals surface area (Å²) in [4.78, 5) is 4.06. The van der Waals surface area contributed by atoms with Crippen molar-refractivity contribution in [3.8, 4) is 0 Å². The molecule has 1 aromatic heterocycles. The number of nitrogen functional groups attached to an aromatic ring is 1. The maximum Gasteiger partial charge on any atom is 0.142 e. The van der Waals surface area contributed by atoms with Gasteiger partial charge in [-0.3, -0.25) is 0 Å². The summed E-state index contributed by atoms with van der Waals surface area (Å²) in [6.45, 7) is 0. The molecule has 1 heterocycles. The van der Waals surface area contributed by atoms with Crippen molar-refractivity contribution in [1.82, 2.24) is 4.98 Å². The highest BCUT2D eigenvalue weighted by Gasteiger charge is 1.90. The average Bonchev–Trinajstić information content (AvgIpc) is 2.05. The lowest BCUT2D eigenvalue weighted by molar-refractivity contribution is 1.22. The van der Waals surface area contributed by atoms with Gasteiger partial charge in [0.1, 0.15) is 11.6 Å². The maximum atomic E-state index is 5.13. The first kappa shape index (κ1) is 6.82. The zero-order chi connectivity index (χ0) is 7.40. The monoisotopic (exact) mass is 138 g/mol. The number of hydrogen-bond acceptors (Lipinski definition) is 4. The van der Waals surface area contributed by atoms with Gasteiger partial charge in [-0.1, -0.05) is 6.07 Å². The topological polar surface area (TPSA) is 63.0 Å². The van der Waals surface area contributed by atoms with Gasteiger partial charge in [-0.2, -0.15) is 0 Å². The molecule has 0 saturated heterocycles. The number of anilines is 2. The molecule has 0 aromatic carbocycles. The largest absolute Gasteiger partial charge is 0.373 e. The molecular formula is C6H10N4. The molecule has 0 aliphatic heterocycles. The summed E-state index contributed by atoms with van der Waals surface area (Å²) in [5, 5.41) is 2.90. The van der Waals surface area contributed by atoms with Gasteiger partial charge in [0.05, 0.1) is 0 Å². The summed E-state index contributed by atoms with van der Waals surface area (Å²) in [7, 11) is 1.81. The van der Waals surface area contributed by atoms with Crippen LogP contribution in [0.3, 0.4) is 0 Å². The predicted octanol–water partition coefficient (Wildman–Crippen LogP) is 0.409. The predicted molar refractivity (Wildman–Crippen MR) is 41.6 cm³/mol. The Morgan fingerprint density at radius 2 is 2.10 bits per heavy atom. The van der Waals surface area contributed by atoms with Crippen LogP contribution in [-0.4, -0.2) is 12.0 Å². The van der Waals surface area contributed by atoms with E-state index in [1.165, 1.54) is 0 Å². The second kappa shape index (κ2) is 3.03. The fourth-order valence-corrected chi connectivity index (χ4v) is 0.654. The molecule has 0 spiro atoms. The Balaban J connectivity index is 2.87. The molecule has 0 atom stereocenters. The molecule has 0 amide bonds. The molecule has 0 fully saturated rings. The van der Waals surface area contributed by atoms with Gasteiger partial charge in [-0.25, -0.2) is 10.8 Å². The molecular weight excluding hydrogens is 128 g/mol. The Kier molecular flexibility index (Phi) is 2.07. The minimum absolute atomic E-state index is 0.659. The van der Waals surface area contributed by atoms with E-state index >= 15 is 0 Å². The highest BCUT2D eigenvalue weighted by molar-refractivity contribution is 5.43. The van der Waals surface area contributed by atoms with Gasteiger partial charge in [0, 0.05) is 7.05 Å². The van der Waals surface area contributed by atoms with Crippen molar-refractivity contribution in [3.63, 3.8) is 0 Å². The zero-order valence-electron chi connectivity index (χ0n) is 5.76. The Morgan fingerprint density at radius 3 is 2.70 bits per heavy atom. The smallest absolute Gasteiger partial charge is 0.142 e. The maximum absolute atomic E-state index is 5.13. The lowest BCUT2D eigenvalue weighted by atomic mass is 10.4. The minimum Gasteiger partial charge on any atom is -0.373 e. The lowest BCUT2D eigenvalue weighted by Crippen LogP contribution is -2.08. The van der Waals surface area contributed by atoms with Crippen molar-refractivity contribution in [1.29, 1.82) is 0 Å². The van der Waals surface area contributed by atoms with Gasteiger partial charge in [-0.15, -0.1) is 0 Å². The highest BCUT2D eigenvalue weighted by Crippen LogP contribution is 2.05. The van der Waals surface area contributed by atoms with E-state index in [0.29, 0.717) is 5.82 Å². The van der Waals surface area contributed by atoms with Crippen LogP contribution >= 0.6 is 0 Å². The van der Waals surface area contributed by atoms with Crippen LogP contribution in [0.5, 0.6) is 0 Å². The van der Waals surface area contributed by atoms with E-state index in [1.54, 1.807) is 6.07 Å². The third kappa shape index (κ3) is 1.35. The van der Waals surface area contributed by atoms with Gasteiger partial charge in [-0.05, 0) is 12.1 Å². The normalized spacial score (nSPS) is 9.00. The molecule has 1 rings (SSSR count). The minimum atomic E-state index is 0.659. The summed E-state index contributed by atoms with van der Waals surface area (Å²) >= 11 is 0. The van der Waals surface area contributed by atoms with E-state index in [-0.39, 0.29) is 0 Å². The number of rotatable bonds is 2. The number of nitrogens with one attached hydrogen (secondary N) is 2. The first-order chi connectivity index (χ1) is 4.86. The Bertz CT molecular complexity index is 191. The van der Waals surface area contributed by atoms with Crippen molar-refractivity contribution in [3.05, 3.63) is 18.2 Å². The molecule has 54 valence electrons. The third-order valence-corrected chi connectivity index (χ3v) is 1.15. The van der Waals surface area contributed by atoms with Crippen LogP contribution < -0.4 is 16.6 Å². The first-order valence-electron chi connectivity index (χ1n) is 2.98. The Labute approximate surface area is 59.4 Å². The van der Waals surface area contributed by atoms with Crippen LogP contribution in [-0.2, 0) is 0 Å². The van der Waals surface area contributed by atoms with E-state index in [1.807, 2.05) is 19.2 Å². The first-order valence-corrected chi connectivity index (χ1v) is 2.98. The van der Waals surface area contributed by atoms with Crippen LogP contribution in [0.1, 0.15) is 0 Å². The fraction of sp³-hybridized carbons (Fsp3) is 0.167. The summed E-state index contributed by atoms with van der Waals surface area (Å²) in [6, 6.07) is 5.52. The number of hydrazine groups is 1. The summed E-state index contributed by atoms with van der Waals surface area (Å²) < 4.78 is 0. The van der Waals surface area contributed by atoms with Gasteiger partial charge in [0.25, 0.3) is 0 Å². The Morgan fingerprint density at radius 1 is 1.40 bits per heavy atom. The summed E-state index contributed by atoms with van der Waals surface area (Å²) in [5.41, 5.74) is 2.45. The van der Waals surface area contributed by atoms with Crippen LogP contribution in [0.4, 0.5) is 11.6 Å². The van der Waals surface area contributed by atoms with Crippen molar-refractivity contribution in [2.75, 3.05) is 17.8 Å². The summed E-state index contributed by atoms with van der Waals surface area (Å²) in [5.74, 6) is 6.59. The van der Waals surface area contributed by atoms with E-state index < -0.39 is 0 Å². The SMILES string of the molecule is CNc1cccc(NN)n1. The van der Waals surface area contributed by atoms with Crippen LogP contribution in [0.2, 0.25) is 0 Å². The highest BCUT2D eigenvalue weighted by atomic mass is 15.3. The second-order valence-corrected chi connectivity index (χ2v) is 1.80. The second-order valence-electron chi connectivity index (χ2n) is 1.80. The molecule has 0 saturated carbocycles. The van der Waals surface area contributed by atoms with E-state index in [9.17, 15) is 0 Å². The van der Waals surface area contributed by atoms with E-state index in [0.717, 1.165) is 5.82 Å². The molecule has 4 N–H and O–H groups in total. The molecule has 0 unspecified atom stereocenters. The molecule has 1 aromatic rings. The zero-order valence-corrected chi connectivity index (χ0v) is 5.76. The van der Waals surface area contributed by atoms with Gasteiger partial charge >= 0.3 is 0 Å². The number of nitrogens with two attached hydrogens (primary N) is 1. The molecule has 10 heavy (non-hydrogen) atoms. The molecule has 0 radical (unpaired) electrons. The molecule has 4 nitrogen and oxygen atoms in total. The number of pyridine rings is 1. The molecule has 0 aliphatic rings. The van der Waals surface area contributed by atoms with E-state index in [2.05, 4.69) is 15.7 Å². The van der Waals surface area contributed by atoms with Crippen molar-refractivity contribution in [2.24, 2.45) is 5.84 Å². The van der Waals surface area contributed by atoms with Gasteiger partial charge < -0.3 is 10.7 Å². The van der Waals surface area contributed by atoms with Crippen molar-refractivity contribution < 1.29 is 0 Å². The van der Waals surface area contributed by atoms with Crippen LogP contribution in [0.15, 0.2) is 18.2 Å². The fourth-order valence-electron chi connectivity index (χ4n) is 0.654. The molecule has 4 heteroatoms. The quantitative estimate of drug-likeness (QED) is 0.409. The molecule has 0 aliphatic carbocycles. The number of hydrogen-bond donors (Lipinski definition) is 3. The Hall–Kier alpha value is -1.29. The average molecular weight is 138 g/mol. The summed E-state index contributed by atoms with van der Waals surface area (Å²) in [6.07, 6.45) is 0. The standard InChI is InChI=1S/C6H10N4/c1-8-5-3-2-4-6(9-5)10-7/h2-4H,7H2,1H3,(H2,8,9,10). The van der Waals surface area contributed by atoms with Crippen molar-refractivity contribution in [2.45, 2.75) is 0 Å². The number of nitrogens with zero attached hydrogens (tertiary/aromatic N) is 1. The number of aromatic nitrogens is 1. The van der Waals surface area contributed by atoms with Gasteiger partial charge in [0.15, 0.2) is 0 Å². The van der Waals surface area contributed by atoms with Crippen molar-refractivity contribution >= 4 is 11.6 Å². The van der Waals surface area contributed by atoms with E-state index in [4.69, 9.17) is 5.84 Å². The van der Waals surface area contributed by atoms with Crippen LogP contribution in [0, 0.1) is 0 Å². The lowest BCUT2D eigenvalue weighted by Gasteiger charge is -2.00. The van der Waals surface area contributed by atoms with Gasteiger partial charge in [0.2, 0.25) is 0 Å². The molecule has 0 bridgehead atoms. The third-order valence-electron chi connectivity index (χ3n) is 1.15.